The van der Waals surface area contributed by atoms with Crippen LogP contribution in [0.5, 0.6) is 0 Å². The zero-order valence-corrected chi connectivity index (χ0v) is 18.4. The fourth-order valence-corrected chi connectivity index (χ4v) is 10.9. The molecule has 0 aliphatic heterocycles. The van der Waals surface area contributed by atoms with E-state index in [1.165, 1.54) is 0 Å². The predicted octanol–water partition coefficient (Wildman–Crippen LogP) is 4.83. The van der Waals surface area contributed by atoms with Gasteiger partial charge in [0.1, 0.15) is 0 Å². The average Bonchev–Trinajstić information content (AvgIpc) is 2.21. The minimum absolute atomic E-state index is 0.181. The largest absolute Gasteiger partial charge is 0.392 e. The van der Waals surface area contributed by atoms with Crippen molar-refractivity contribution in [3.8, 4) is 0 Å². The summed E-state index contributed by atoms with van der Waals surface area (Å²) >= 11 is 0. The third kappa shape index (κ3) is 10.1. The Labute approximate surface area is 140 Å². The van der Waals surface area contributed by atoms with Crippen molar-refractivity contribution in [2.75, 3.05) is 0 Å². The molecule has 0 rings (SSSR count). The molecule has 134 valence electrons. The molecule has 0 N–H and O–H groups in total. The Balaban J connectivity index is 4.93. The van der Waals surface area contributed by atoms with Crippen LogP contribution in [0, 0.1) is 0 Å². The molecule has 0 aliphatic rings. The monoisotopic (exact) mass is 350 g/mol. The Hall–Kier alpha value is 0.274. The molecule has 0 aromatic carbocycles. The summed E-state index contributed by atoms with van der Waals surface area (Å²) in [5.74, 6) is 0. The lowest BCUT2D eigenvalue weighted by Crippen LogP contribution is -2.48. The van der Waals surface area contributed by atoms with Gasteiger partial charge in [0.15, 0.2) is 0 Å². The van der Waals surface area contributed by atoms with Gasteiger partial charge in [0.2, 0.25) is 0 Å². The molecule has 6 heteroatoms. The summed E-state index contributed by atoms with van der Waals surface area (Å²) in [5, 5.41) is 0. The smallest absolute Gasteiger partial charge is 0.335 e. The summed E-state index contributed by atoms with van der Waals surface area (Å²) in [6.07, 6.45) is 0.724. The van der Waals surface area contributed by atoms with Gasteiger partial charge in [-0.05, 0) is 80.6 Å². The molecule has 0 unspecified atom stereocenters. The highest BCUT2D eigenvalue weighted by molar-refractivity contribution is 6.71. The molecule has 0 saturated carbocycles. The van der Waals surface area contributed by atoms with E-state index in [2.05, 4.69) is 68.5 Å². The SMILES string of the molecule is CC(C)O[Si](C)(CC[Si](C)(OC(C)C)OC(C)C)OC(C)C. The molecular weight excluding hydrogens is 312 g/mol. The van der Waals surface area contributed by atoms with E-state index in [1.807, 2.05) is 0 Å². The summed E-state index contributed by atoms with van der Waals surface area (Å²) in [6.45, 7) is 20.9. The van der Waals surface area contributed by atoms with Gasteiger partial charge in [0, 0.05) is 24.4 Å². The summed E-state index contributed by atoms with van der Waals surface area (Å²) in [5.41, 5.74) is 0. The van der Waals surface area contributed by atoms with Gasteiger partial charge in [-0.25, -0.2) is 0 Å². The van der Waals surface area contributed by atoms with Gasteiger partial charge in [-0.3, -0.25) is 0 Å². The summed E-state index contributed by atoms with van der Waals surface area (Å²) in [6, 6.07) is 1.82. The van der Waals surface area contributed by atoms with Crippen molar-refractivity contribution in [3.63, 3.8) is 0 Å². The molecule has 4 nitrogen and oxygen atoms in total. The summed E-state index contributed by atoms with van der Waals surface area (Å²) in [4.78, 5) is 0. The first kappa shape index (κ1) is 22.3. The topological polar surface area (TPSA) is 36.9 Å². The maximum absolute atomic E-state index is 6.18. The first-order chi connectivity index (χ1) is 9.87. The van der Waals surface area contributed by atoms with Crippen LogP contribution in [0.4, 0.5) is 0 Å². The second-order valence-corrected chi connectivity index (χ2v) is 13.9. The zero-order valence-electron chi connectivity index (χ0n) is 16.4. The van der Waals surface area contributed by atoms with E-state index in [9.17, 15) is 0 Å². The first-order valence-corrected chi connectivity index (χ1v) is 13.6. The minimum atomic E-state index is -2.21. The van der Waals surface area contributed by atoms with Crippen LogP contribution in [0.15, 0.2) is 0 Å². The lowest BCUT2D eigenvalue weighted by atomic mass is 10.5. The van der Waals surface area contributed by atoms with E-state index >= 15 is 0 Å². The predicted molar refractivity (Wildman–Crippen MR) is 97.7 cm³/mol. The lowest BCUT2D eigenvalue weighted by Gasteiger charge is -2.36. The highest BCUT2D eigenvalue weighted by atomic mass is 28.4. The third-order valence-corrected chi connectivity index (χ3v) is 9.67. The van der Waals surface area contributed by atoms with E-state index < -0.39 is 17.1 Å². The maximum Gasteiger partial charge on any atom is 0.335 e. The molecule has 0 radical (unpaired) electrons. The Kier molecular flexibility index (Phi) is 9.66. The number of hydrogen-bond acceptors (Lipinski definition) is 4. The van der Waals surface area contributed by atoms with Crippen molar-refractivity contribution < 1.29 is 17.7 Å². The standard InChI is InChI=1S/C16H38O4Si2/c1-13(2)17-21(9,18-14(3)4)11-12-22(10,19-15(5)6)20-16(7)8/h13-16H,11-12H2,1-10H3. The van der Waals surface area contributed by atoms with Crippen molar-refractivity contribution in [3.05, 3.63) is 0 Å². The van der Waals surface area contributed by atoms with E-state index in [0.29, 0.717) is 0 Å². The average molecular weight is 351 g/mol. The highest BCUT2D eigenvalue weighted by Gasteiger charge is 2.41. The number of rotatable bonds is 11. The molecule has 0 amide bonds. The van der Waals surface area contributed by atoms with E-state index in [1.54, 1.807) is 0 Å². The normalized spacial score (nSPS) is 13.9. The summed E-state index contributed by atoms with van der Waals surface area (Å²) in [7, 11) is -4.43. The van der Waals surface area contributed by atoms with E-state index in [-0.39, 0.29) is 24.4 Å². The molecule has 0 spiro atoms. The van der Waals surface area contributed by atoms with Crippen LogP contribution in [0.1, 0.15) is 55.4 Å². The Morgan fingerprint density at radius 1 is 0.500 bits per heavy atom. The van der Waals surface area contributed by atoms with Gasteiger partial charge < -0.3 is 17.7 Å². The van der Waals surface area contributed by atoms with E-state index in [0.717, 1.165) is 12.1 Å². The molecule has 0 aromatic rings. The quantitative estimate of drug-likeness (QED) is 0.500. The molecule has 0 saturated heterocycles. The van der Waals surface area contributed by atoms with Crippen molar-refractivity contribution in [2.24, 2.45) is 0 Å². The second kappa shape index (κ2) is 9.54. The van der Waals surface area contributed by atoms with Gasteiger partial charge in [0.25, 0.3) is 0 Å². The summed E-state index contributed by atoms with van der Waals surface area (Å²) < 4.78 is 24.7. The Bertz CT molecular complexity index is 257. The minimum Gasteiger partial charge on any atom is -0.392 e. The van der Waals surface area contributed by atoms with E-state index in [4.69, 9.17) is 17.7 Å². The second-order valence-electron chi connectivity index (χ2n) is 7.43. The molecule has 0 aliphatic carbocycles. The Morgan fingerprint density at radius 2 is 0.682 bits per heavy atom. The van der Waals surface area contributed by atoms with Crippen molar-refractivity contribution in [2.45, 2.75) is 105 Å². The third-order valence-electron chi connectivity index (χ3n) is 2.97. The van der Waals surface area contributed by atoms with Crippen molar-refractivity contribution >= 4 is 17.1 Å². The van der Waals surface area contributed by atoms with Gasteiger partial charge in [-0.1, -0.05) is 0 Å². The molecular formula is C16H38O4Si2. The molecule has 22 heavy (non-hydrogen) atoms. The molecule has 0 heterocycles. The maximum atomic E-state index is 6.18. The number of hydrogen-bond donors (Lipinski definition) is 0. The van der Waals surface area contributed by atoms with Gasteiger partial charge in [-0.2, -0.15) is 0 Å². The van der Waals surface area contributed by atoms with Crippen LogP contribution in [-0.2, 0) is 17.7 Å². The van der Waals surface area contributed by atoms with Gasteiger partial charge >= 0.3 is 17.1 Å². The van der Waals surface area contributed by atoms with Crippen LogP contribution in [0.2, 0.25) is 25.2 Å². The van der Waals surface area contributed by atoms with Gasteiger partial charge in [0.05, 0.1) is 0 Å². The highest BCUT2D eigenvalue weighted by Crippen LogP contribution is 2.27. The molecule has 0 atom stereocenters. The lowest BCUT2D eigenvalue weighted by molar-refractivity contribution is 0.0995. The molecule has 0 aromatic heterocycles. The zero-order chi connectivity index (χ0) is 17.6. The van der Waals surface area contributed by atoms with Crippen LogP contribution < -0.4 is 0 Å². The van der Waals surface area contributed by atoms with Crippen molar-refractivity contribution in [1.82, 2.24) is 0 Å². The molecule has 0 bridgehead atoms. The van der Waals surface area contributed by atoms with Crippen molar-refractivity contribution in [1.29, 1.82) is 0 Å². The fourth-order valence-electron chi connectivity index (χ4n) is 2.74. The van der Waals surface area contributed by atoms with Crippen LogP contribution in [-0.4, -0.2) is 41.5 Å². The van der Waals surface area contributed by atoms with Crippen LogP contribution in [0.25, 0.3) is 0 Å². The fraction of sp³-hybridized carbons (Fsp3) is 1.00. The Morgan fingerprint density at radius 3 is 0.818 bits per heavy atom. The van der Waals surface area contributed by atoms with Gasteiger partial charge in [-0.15, -0.1) is 0 Å². The van der Waals surface area contributed by atoms with Crippen LogP contribution in [0.3, 0.4) is 0 Å². The first-order valence-electron chi connectivity index (χ1n) is 8.59. The van der Waals surface area contributed by atoms with Crippen LogP contribution >= 0.6 is 0 Å². The molecule has 0 fully saturated rings.